The second-order valence-electron chi connectivity index (χ2n) is 0.406. The van der Waals surface area contributed by atoms with E-state index in [1.165, 1.54) is 0 Å². The molecule has 0 fully saturated rings. The van der Waals surface area contributed by atoms with Crippen LogP contribution in [0, 0.1) is 10.1 Å². The first-order valence-electron chi connectivity index (χ1n) is 0.956. The molecule has 0 N–H and O–H groups in total. The van der Waals surface area contributed by atoms with Crippen LogP contribution < -0.4 is 29.6 Å². The van der Waals surface area contributed by atoms with E-state index >= 15 is 0 Å². The summed E-state index contributed by atoms with van der Waals surface area (Å²) in [7, 11) is 1.00. The average Bonchev–Trinajstić information content (AvgIpc) is 1.38. The molecule has 5 heteroatoms. The van der Waals surface area contributed by atoms with Gasteiger partial charge in [-0.05, 0) is 0 Å². The van der Waals surface area contributed by atoms with Gasteiger partial charge in [-0.1, -0.05) is 0 Å². The fourth-order valence-corrected chi connectivity index (χ4v) is 0. The summed E-state index contributed by atoms with van der Waals surface area (Å²) in [5.41, 5.74) is 0. The molecule has 0 bridgehead atoms. The largest absolute Gasteiger partial charge is 1.00 e. The maximum Gasteiger partial charge on any atom is 1.00 e. The first-order valence-corrected chi connectivity index (χ1v) is 0.956. The second kappa shape index (κ2) is 5.20. The summed E-state index contributed by atoms with van der Waals surface area (Å²) >= 11 is 0. The van der Waals surface area contributed by atoms with Crippen molar-refractivity contribution in [1.82, 2.24) is 0 Å². The Morgan fingerprint density at radius 3 is 2.17 bits per heavy atom. The molecule has 0 aliphatic rings. The molecule has 0 aromatic rings. The third-order valence-corrected chi connectivity index (χ3v) is 0.149. The van der Waals surface area contributed by atoms with E-state index in [2.05, 4.69) is 4.84 Å². The first kappa shape index (κ1) is 9.50. The minimum Gasteiger partial charge on any atom is -1.00 e. The number of hydrogen-bond donors (Lipinski definition) is 0. The molecule has 0 aromatic carbocycles. The number of nitrogens with zero attached hydrogens (tertiary/aromatic N) is 1. The molecule has 0 atom stereocenters. The van der Waals surface area contributed by atoms with Crippen molar-refractivity contribution < 1.29 is 40.9 Å². The molecule has 0 amide bonds. The molecule has 6 heavy (non-hydrogen) atoms. The van der Waals surface area contributed by atoms with Gasteiger partial charge in [0.1, 0.15) is 0 Å². The van der Waals surface area contributed by atoms with Gasteiger partial charge in [0.05, 0.1) is 7.11 Å². The van der Waals surface area contributed by atoms with Gasteiger partial charge in [0.15, 0.2) is 0 Å². The standard InChI is InChI=1S/CH3NO3.Na.H/c1-5-2(3)4;;/h1H3;;/q;+1;-1. The Kier molecular flexibility index (Phi) is 8.24. The van der Waals surface area contributed by atoms with Crippen molar-refractivity contribution in [3.8, 4) is 0 Å². The van der Waals surface area contributed by atoms with Gasteiger partial charge in [-0.15, -0.1) is 10.1 Å². The van der Waals surface area contributed by atoms with Crippen molar-refractivity contribution >= 4 is 0 Å². The van der Waals surface area contributed by atoms with E-state index in [1.807, 2.05) is 0 Å². The summed E-state index contributed by atoms with van der Waals surface area (Å²) in [6, 6.07) is 0. The van der Waals surface area contributed by atoms with E-state index in [0.717, 1.165) is 7.11 Å². The zero-order chi connectivity index (χ0) is 4.28. The molecule has 0 heterocycles. The average molecular weight is 101 g/mol. The van der Waals surface area contributed by atoms with Crippen LogP contribution in [0.1, 0.15) is 1.43 Å². The van der Waals surface area contributed by atoms with E-state index in [0.29, 0.717) is 0 Å². The van der Waals surface area contributed by atoms with Crippen LogP contribution in [0.5, 0.6) is 0 Å². The molecular weight excluding hydrogens is 97.0 g/mol. The number of hydrogen-bond acceptors (Lipinski definition) is 3. The van der Waals surface area contributed by atoms with Crippen molar-refractivity contribution in [2.45, 2.75) is 0 Å². The first-order chi connectivity index (χ1) is 2.27. The van der Waals surface area contributed by atoms with E-state index < -0.39 is 5.09 Å². The third-order valence-electron chi connectivity index (χ3n) is 0.149. The summed E-state index contributed by atoms with van der Waals surface area (Å²) in [4.78, 5) is 12.4. The maximum absolute atomic E-state index is 8.95. The Balaban J connectivity index is -0.0000000800. The molecule has 0 saturated carbocycles. The molecule has 32 valence electrons. The van der Waals surface area contributed by atoms with Crippen LogP contribution in [0.3, 0.4) is 0 Å². The van der Waals surface area contributed by atoms with Gasteiger partial charge in [0.2, 0.25) is 0 Å². The second-order valence-corrected chi connectivity index (χ2v) is 0.406. The van der Waals surface area contributed by atoms with Gasteiger partial charge in [-0.2, -0.15) is 0 Å². The van der Waals surface area contributed by atoms with E-state index in [9.17, 15) is 0 Å². The predicted octanol–water partition coefficient (Wildman–Crippen LogP) is -3.06. The molecule has 0 radical (unpaired) electrons. The van der Waals surface area contributed by atoms with Crippen LogP contribution in [0.25, 0.3) is 0 Å². The monoisotopic (exact) mass is 101 g/mol. The Morgan fingerprint density at radius 2 is 2.17 bits per heavy atom. The summed E-state index contributed by atoms with van der Waals surface area (Å²) in [5, 5.41) is 8.08. The quantitative estimate of drug-likeness (QED) is 0.200. The molecule has 0 aliphatic carbocycles. The van der Waals surface area contributed by atoms with E-state index in [4.69, 9.17) is 10.1 Å². The Hall–Kier alpha value is 0.200. The van der Waals surface area contributed by atoms with Gasteiger partial charge in [0.25, 0.3) is 5.09 Å². The molecule has 0 rings (SSSR count). The Morgan fingerprint density at radius 1 is 2.00 bits per heavy atom. The maximum atomic E-state index is 8.95. The van der Waals surface area contributed by atoms with Crippen LogP contribution >= 0.6 is 0 Å². The van der Waals surface area contributed by atoms with Gasteiger partial charge in [-0.3, -0.25) is 0 Å². The van der Waals surface area contributed by atoms with Crippen LogP contribution in [-0.4, -0.2) is 12.2 Å². The van der Waals surface area contributed by atoms with Gasteiger partial charge in [-0.25, -0.2) is 0 Å². The molecule has 0 unspecified atom stereocenters. The topological polar surface area (TPSA) is 52.4 Å². The fourth-order valence-electron chi connectivity index (χ4n) is 0. The third kappa shape index (κ3) is 8.89. The van der Waals surface area contributed by atoms with Crippen LogP contribution in [0.4, 0.5) is 0 Å². The van der Waals surface area contributed by atoms with Crippen molar-refractivity contribution in [2.75, 3.05) is 7.11 Å². The molecule has 0 aliphatic heterocycles. The molecule has 0 saturated heterocycles. The van der Waals surface area contributed by atoms with Crippen LogP contribution in [0.15, 0.2) is 0 Å². The van der Waals surface area contributed by atoms with Crippen molar-refractivity contribution in [1.29, 1.82) is 0 Å². The van der Waals surface area contributed by atoms with Crippen molar-refractivity contribution in [3.05, 3.63) is 10.1 Å². The zero-order valence-electron chi connectivity index (χ0n) is 4.67. The van der Waals surface area contributed by atoms with Gasteiger partial charge < -0.3 is 6.26 Å². The predicted molar refractivity (Wildman–Crippen MR) is 15.1 cm³/mol. The van der Waals surface area contributed by atoms with Crippen molar-refractivity contribution in [3.63, 3.8) is 0 Å². The summed E-state index contributed by atoms with van der Waals surface area (Å²) < 4.78 is 0. The SMILES string of the molecule is CO[N+](=O)[O-].[H-].[Na+]. The van der Waals surface area contributed by atoms with E-state index in [-0.39, 0.29) is 31.0 Å². The molecule has 4 nitrogen and oxygen atoms in total. The normalized spacial score (nSPS) is 5.50. The van der Waals surface area contributed by atoms with Crippen LogP contribution in [-0.2, 0) is 4.84 Å². The van der Waals surface area contributed by atoms with Gasteiger partial charge >= 0.3 is 29.6 Å². The zero-order valence-corrected chi connectivity index (χ0v) is 5.67. The Labute approximate surface area is 58.4 Å². The summed E-state index contributed by atoms with van der Waals surface area (Å²) in [6.45, 7) is 0. The van der Waals surface area contributed by atoms with Crippen molar-refractivity contribution in [2.24, 2.45) is 0 Å². The summed E-state index contributed by atoms with van der Waals surface area (Å²) in [5.74, 6) is 0. The number of rotatable bonds is 1. The fraction of sp³-hybridized carbons (Fsp3) is 1.00. The minimum atomic E-state index is -0.875. The molecular formula is CH4NNaO3. The van der Waals surface area contributed by atoms with Crippen LogP contribution in [0.2, 0.25) is 0 Å². The smallest absolute Gasteiger partial charge is 1.00 e. The van der Waals surface area contributed by atoms with Gasteiger partial charge in [0, 0.05) is 0 Å². The molecule has 0 aromatic heterocycles. The minimum absolute atomic E-state index is 0. The van der Waals surface area contributed by atoms with E-state index in [1.54, 1.807) is 0 Å². The summed E-state index contributed by atoms with van der Waals surface area (Å²) in [6.07, 6.45) is 0. The molecule has 0 spiro atoms. The Bertz CT molecular complexity index is 50.2.